The zero-order chi connectivity index (χ0) is 17.6. The third kappa shape index (κ3) is 4.83. The molecule has 0 unspecified atom stereocenters. The summed E-state index contributed by atoms with van der Waals surface area (Å²) < 4.78 is 11.4. The predicted molar refractivity (Wildman–Crippen MR) is 103 cm³/mol. The van der Waals surface area contributed by atoms with E-state index < -0.39 is 0 Å². The molecule has 1 aromatic rings. The van der Waals surface area contributed by atoms with Gasteiger partial charge in [0.2, 0.25) is 0 Å². The summed E-state index contributed by atoms with van der Waals surface area (Å²) in [7, 11) is 1.56. The molecule has 0 spiro atoms. The second-order valence-corrected chi connectivity index (χ2v) is 6.88. The molecule has 2 aliphatic rings. The van der Waals surface area contributed by atoms with Crippen LogP contribution in [-0.4, -0.2) is 18.6 Å². The van der Waals surface area contributed by atoms with E-state index in [0.29, 0.717) is 27.3 Å². The topological polar surface area (TPSA) is 21.7 Å². The average Bonchev–Trinajstić information content (AvgIpc) is 2.80. The molecular weight excluding hydrogens is 357 g/mol. The first-order valence-corrected chi connectivity index (χ1v) is 9.12. The molecule has 1 aliphatic heterocycles. The van der Waals surface area contributed by atoms with E-state index in [1.54, 1.807) is 19.2 Å². The van der Waals surface area contributed by atoms with Crippen molar-refractivity contribution in [3.05, 3.63) is 70.2 Å². The van der Waals surface area contributed by atoms with E-state index in [9.17, 15) is 0 Å². The molecule has 25 heavy (non-hydrogen) atoms. The minimum absolute atomic E-state index is 0.422. The molecular formula is C20H21Cl2NO2. The summed E-state index contributed by atoms with van der Waals surface area (Å²) in [5, 5.41) is 0.923. The maximum atomic E-state index is 6.19. The van der Waals surface area contributed by atoms with Crippen LogP contribution < -0.4 is 9.47 Å². The van der Waals surface area contributed by atoms with E-state index in [0.717, 1.165) is 6.54 Å². The van der Waals surface area contributed by atoms with Crippen LogP contribution in [0.3, 0.4) is 0 Å². The number of allylic oxidation sites excluding steroid dienone is 4. The summed E-state index contributed by atoms with van der Waals surface area (Å²) >= 11 is 12.3. The Kier molecular flexibility index (Phi) is 6.11. The molecule has 0 bridgehead atoms. The van der Waals surface area contributed by atoms with E-state index in [1.165, 1.54) is 31.3 Å². The van der Waals surface area contributed by atoms with E-state index in [2.05, 4.69) is 11.0 Å². The lowest BCUT2D eigenvalue weighted by Crippen LogP contribution is -2.15. The Morgan fingerprint density at radius 3 is 2.80 bits per heavy atom. The fraction of sp³-hybridized carbons (Fsp3) is 0.300. The van der Waals surface area contributed by atoms with Crippen LogP contribution in [0.1, 0.15) is 25.7 Å². The normalized spacial score (nSPS) is 17.0. The summed E-state index contributed by atoms with van der Waals surface area (Å²) in [6.45, 7) is 0.873. The Labute approximate surface area is 158 Å². The van der Waals surface area contributed by atoms with Crippen LogP contribution in [0, 0.1) is 0 Å². The molecule has 1 aliphatic carbocycles. The lowest BCUT2D eigenvalue weighted by Gasteiger charge is -2.21. The predicted octanol–water partition coefficient (Wildman–Crippen LogP) is 6.11. The third-order valence-corrected chi connectivity index (χ3v) is 4.62. The van der Waals surface area contributed by atoms with Gasteiger partial charge in [0.1, 0.15) is 5.76 Å². The first-order chi connectivity index (χ1) is 12.2. The van der Waals surface area contributed by atoms with Gasteiger partial charge < -0.3 is 14.4 Å². The minimum atomic E-state index is 0.422. The molecule has 0 aromatic heterocycles. The smallest absolute Gasteiger partial charge is 0.180 e. The Morgan fingerprint density at radius 2 is 2.04 bits per heavy atom. The number of methoxy groups -OCH3 is 1. The van der Waals surface area contributed by atoms with Crippen LogP contribution >= 0.6 is 23.2 Å². The highest BCUT2D eigenvalue weighted by atomic mass is 35.5. The van der Waals surface area contributed by atoms with Gasteiger partial charge in [0.15, 0.2) is 11.5 Å². The fourth-order valence-electron chi connectivity index (χ4n) is 2.94. The molecule has 0 fully saturated rings. The number of hydrogen-bond acceptors (Lipinski definition) is 3. The van der Waals surface area contributed by atoms with Crippen LogP contribution in [-0.2, 0) is 0 Å². The standard InChI is InChI=1S/C20H21Cl2NO2/c1-24-20-18(22)11-16(21)12-19(20)25-17-9-5-6-10-23(14-17)13-15-7-3-2-4-8-15/h5-7,9-12,14H,2-4,8,13H2,1H3. The van der Waals surface area contributed by atoms with Crippen LogP contribution in [0.25, 0.3) is 0 Å². The quantitative estimate of drug-likeness (QED) is 0.577. The van der Waals surface area contributed by atoms with Gasteiger partial charge in [-0.2, -0.15) is 0 Å². The van der Waals surface area contributed by atoms with Gasteiger partial charge in [-0.05, 0) is 43.9 Å². The molecule has 3 nitrogen and oxygen atoms in total. The van der Waals surface area contributed by atoms with Gasteiger partial charge >= 0.3 is 0 Å². The summed E-state index contributed by atoms with van der Waals surface area (Å²) in [5.41, 5.74) is 1.47. The number of hydrogen-bond donors (Lipinski definition) is 0. The van der Waals surface area contributed by atoms with Gasteiger partial charge in [0.05, 0.1) is 12.1 Å². The molecule has 0 N–H and O–H groups in total. The van der Waals surface area contributed by atoms with E-state index in [1.807, 2.05) is 30.6 Å². The largest absolute Gasteiger partial charge is 0.491 e. The van der Waals surface area contributed by atoms with Crippen LogP contribution in [0.5, 0.6) is 11.5 Å². The second-order valence-electron chi connectivity index (χ2n) is 6.03. The highest BCUT2D eigenvalue weighted by Gasteiger charge is 2.14. The molecule has 1 heterocycles. The Balaban J connectivity index is 1.80. The summed E-state index contributed by atoms with van der Waals surface area (Å²) in [5.74, 6) is 1.66. The van der Waals surface area contributed by atoms with Crippen molar-refractivity contribution in [2.75, 3.05) is 13.7 Å². The number of rotatable bonds is 5. The molecule has 0 saturated heterocycles. The SMILES string of the molecule is COc1c(Cl)cc(Cl)cc1OC1=CN(CC2=CCCCC2)C=CC=C1. The first-order valence-electron chi connectivity index (χ1n) is 8.37. The number of nitrogens with zero attached hydrogens (tertiary/aromatic N) is 1. The molecule has 5 heteroatoms. The minimum Gasteiger partial charge on any atom is -0.491 e. The van der Waals surface area contributed by atoms with Crippen molar-refractivity contribution in [3.8, 4) is 11.5 Å². The van der Waals surface area contributed by atoms with Crippen LogP contribution in [0.2, 0.25) is 10.0 Å². The lowest BCUT2D eigenvalue weighted by molar-refractivity contribution is 0.362. The summed E-state index contributed by atoms with van der Waals surface area (Å²) in [6.07, 6.45) is 17.1. The molecule has 0 radical (unpaired) electrons. The van der Waals surface area contributed by atoms with Gasteiger partial charge in [-0.25, -0.2) is 0 Å². The zero-order valence-corrected chi connectivity index (χ0v) is 15.7. The maximum absolute atomic E-state index is 6.19. The first kappa shape index (κ1) is 18.0. The van der Waals surface area contributed by atoms with Gasteiger partial charge in [-0.3, -0.25) is 0 Å². The second kappa shape index (κ2) is 8.50. The summed E-state index contributed by atoms with van der Waals surface area (Å²) in [6, 6.07) is 3.34. The van der Waals surface area contributed by atoms with Crippen molar-refractivity contribution >= 4 is 23.2 Å². The van der Waals surface area contributed by atoms with Gasteiger partial charge in [0.25, 0.3) is 0 Å². The molecule has 0 saturated carbocycles. The number of ether oxygens (including phenoxy) is 2. The molecule has 132 valence electrons. The van der Waals surface area contributed by atoms with Crippen molar-refractivity contribution in [2.24, 2.45) is 0 Å². The van der Waals surface area contributed by atoms with Crippen molar-refractivity contribution in [2.45, 2.75) is 25.7 Å². The highest BCUT2D eigenvalue weighted by Crippen LogP contribution is 2.39. The van der Waals surface area contributed by atoms with Crippen LogP contribution in [0.4, 0.5) is 0 Å². The van der Waals surface area contributed by atoms with Gasteiger partial charge in [-0.15, -0.1) is 0 Å². The monoisotopic (exact) mass is 377 g/mol. The fourth-order valence-corrected chi connectivity index (χ4v) is 3.49. The number of halogens is 2. The van der Waals surface area contributed by atoms with Crippen molar-refractivity contribution in [1.29, 1.82) is 0 Å². The zero-order valence-electron chi connectivity index (χ0n) is 14.2. The van der Waals surface area contributed by atoms with Gasteiger partial charge in [0, 0.05) is 30.0 Å². The molecule has 3 rings (SSSR count). The van der Waals surface area contributed by atoms with E-state index in [-0.39, 0.29) is 0 Å². The number of benzene rings is 1. The van der Waals surface area contributed by atoms with Crippen molar-refractivity contribution in [3.63, 3.8) is 0 Å². The molecule has 0 atom stereocenters. The van der Waals surface area contributed by atoms with E-state index >= 15 is 0 Å². The van der Waals surface area contributed by atoms with Gasteiger partial charge in [-0.1, -0.05) is 40.9 Å². The van der Waals surface area contributed by atoms with E-state index in [4.69, 9.17) is 32.7 Å². The summed E-state index contributed by atoms with van der Waals surface area (Å²) in [4.78, 5) is 2.13. The molecule has 0 amide bonds. The van der Waals surface area contributed by atoms with Crippen molar-refractivity contribution in [1.82, 2.24) is 4.90 Å². The third-order valence-electron chi connectivity index (χ3n) is 4.12. The van der Waals surface area contributed by atoms with Crippen molar-refractivity contribution < 1.29 is 9.47 Å². The Hall–Kier alpha value is -1.84. The Morgan fingerprint density at radius 1 is 1.16 bits per heavy atom. The lowest BCUT2D eigenvalue weighted by atomic mass is 9.99. The Bertz CT molecular complexity index is 750. The highest BCUT2D eigenvalue weighted by molar-refractivity contribution is 6.35. The van der Waals surface area contributed by atoms with Crippen LogP contribution in [0.15, 0.2) is 60.2 Å². The molecule has 1 aromatic carbocycles. The maximum Gasteiger partial charge on any atom is 0.180 e. The average molecular weight is 378 g/mol.